The van der Waals surface area contributed by atoms with E-state index in [-0.39, 0.29) is 11.4 Å². The molecule has 5 nitrogen and oxygen atoms in total. The first-order valence-electron chi connectivity index (χ1n) is 7.99. The lowest BCUT2D eigenvalue weighted by atomic mass is 9.92. The first kappa shape index (κ1) is 19.8. The average Bonchev–Trinajstić information content (AvgIpc) is 2.57. The largest absolute Gasteiger partial charge is 0.493 e. The Balaban J connectivity index is 3.09. The smallest absolute Gasteiger partial charge is 0.251 e. The summed E-state index contributed by atoms with van der Waals surface area (Å²) in [5.74, 6) is 0.978. The van der Waals surface area contributed by atoms with Crippen molar-refractivity contribution >= 4 is 21.8 Å². The summed E-state index contributed by atoms with van der Waals surface area (Å²) >= 11 is 3.46. The summed E-state index contributed by atoms with van der Waals surface area (Å²) in [5, 5.41) is 3.06. The van der Waals surface area contributed by atoms with Crippen LogP contribution >= 0.6 is 15.9 Å². The van der Waals surface area contributed by atoms with Crippen LogP contribution in [0.4, 0.5) is 0 Å². The van der Waals surface area contributed by atoms with Gasteiger partial charge < -0.3 is 20.5 Å². The normalized spacial score (nSPS) is 11.2. The van der Waals surface area contributed by atoms with Gasteiger partial charge in [-0.15, -0.1) is 0 Å². The maximum absolute atomic E-state index is 12.6. The second kappa shape index (κ2) is 9.13. The van der Waals surface area contributed by atoms with Gasteiger partial charge in [-0.2, -0.15) is 0 Å². The number of hydrogen-bond donors (Lipinski definition) is 2. The van der Waals surface area contributed by atoms with E-state index in [0.717, 1.165) is 19.3 Å². The topological polar surface area (TPSA) is 73.6 Å². The van der Waals surface area contributed by atoms with E-state index in [1.807, 2.05) is 20.8 Å². The Morgan fingerprint density at radius 1 is 1.30 bits per heavy atom. The molecule has 0 aliphatic carbocycles. The maximum atomic E-state index is 12.6. The van der Waals surface area contributed by atoms with Gasteiger partial charge in [0.2, 0.25) is 0 Å². The zero-order valence-electron chi connectivity index (χ0n) is 14.4. The molecule has 0 atom stereocenters. The lowest BCUT2D eigenvalue weighted by Crippen LogP contribution is -2.52. The van der Waals surface area contributed by atoms with E-state index in [4.69, 9.17) is 15.2 Å². The Labute approximate surface area is 147 Å². The average molecular weight is 387 g/mol. The van der Waals surface area contributed by atoms with Crippen molar-refractivity contribution in [3.8, 4) is 11.5 Å². The molecule has 0 unspecified atom stereocenters. The number of halogens is 1. The SMILES string of the molecule is CCCOc1c(Br)cc(C(=O)NC(CC)(CC)CN)cc1OC. The van der Waals surface area contributed by atoms with Gasteiger partial charge in [0.1, 0.15) is 0 Å². The van der Waals surface area contributed by atoms with Crippen LogP contribution in [-0.2, 0) is 0 Å². The summed E-state index contributed by atoms with van der Waals surface area (Å²) in [6, 6.07) is 3.44. The molecule has 0 spiro atoms. The van der Waals surface area contributed by atoms with Crippen LogP contribution in [-0.4, -0.2) is 31.7 Å². The van der Waals surface area contributed by atoms with Crippen molar-refractivity contribution in [2.75, 3.05) is 20.3 Å². The molecule has 0 bridgehead atoms. The summed E-state index contributed by atoms with van der Waals surface area (Å²) in [5.41, 5.74) is 5.98. The quantitative estimate of drug-likeness (QED) is 0.680. The van der Waals surface area contributed by atoms with E-state index < -0.39 is 0 Å². The van der Waals surface area contributed by atoms with Gasteiger partial charge in [-0.25, -0.2) is 0 Å². The third kappa shape index (κ3) is 4.85. The fraction of sp³-hybridized carbons (Fsp3) is 0.588. The highest BCUT2D eigenvalue weighted by Crippen LogP contribution is 2.37. The van der Waals surface area contributed by atoms with Crippen LogP contribution < -0.4 is 20.5 Å². The van der Waals surface area contributed by atoms with Gasteiger partial charge in [-0.1, -0.05) is 20.8 Å². The molecule has 130 valence electrons. The number of ether oxygens (including phenoxy) is 2. The van der Waals surface area contributed by atoms with Crippen LogP contribution in [0.15, 0.2) is 16.6 Å². The minimum Gasteiger partial charge on any atom is -0.493 e. The monoisotopic (exact) mass is 386 g/mol. The Morgan fingerprint density at radius 3 is 2.43 bits per heavy atom. The molecule has 1 amide bonds. The minimum atomic E-state index is -0.381. The third-order valence-electron chi connectivity index (χ3n) is 4.07. The Hall–Kier alpha value is -1.27. The van der Waals surface area contributed by atoms with Crippen molar-refractivity contribution < 1.29 is 14.3 Å². The molecule has 6 heteroatoms. The van der Waals surface area contributed by atoms with Gasteiger partial charge >= 0.3 is 0 Å². The molecule has 0 saturated heterocycles. The fourth-order valence-electron chi connectivity index (χ4n) is 2.27. The van der Waals surface area contributed by atoms with Gasteiger partial charge in [0, 0.05) is 12.1 Å². The minimum absolute atomic E-state index is 0.166. The van der Waals surface area contributed by atoms with Crippen LogP contribution in [0.1, 0.15) is 50.4 Å². The van der Waals surface area contributed by atoms with Crippen LogP contribution in [0, 0.1) is 0 Å². The molecular formula is C17H27BrN2O3. The van der Waals surface area contributed by atoms with Gasteiger partial charge in [0.25, 0.3) is 5.91 Å². The summed E-state index contributed by atoms with van der Waals surface area (Å²) in [4.78, 5) is 12.6. The zero-order chi connectivity index (χ0) is 17.5. The lowest BCUT2D eigenvalue weighted by molar-refractivity contribution is 0.0894. The van der Waals surface area contributed by atoms with Gasteiger partial charge in [0.05, 0.1) is 23.7 Å². The standard InChI is InChI=1S/C17H27BrN2O3/c1-5-8-23-15-13(18)9-12(10-14(15)22-4)16(21)20-17(6-2,7-3)11-19/h9-10H,5-8,11,19H2,1-4H3,(H,20,21). The van der Waals surface area contributed by atoms with E-state index in [1.165, 1.54) is 0 Å². The van der Waals surface area contributed by atoms with E-state index in [0.29, 0.717) is 34.7 Å². The number of methoxy groups -OCH3 is 1. The van der Waals surface area contributed by atoms with Crippen molar-refractivity contribution in [2.24, 2.45) is 5.73 Å². The number of rotatable bonds is 9. The van der Waals surface area contributed by atoms with Crippen LogP contribution in [0.3, 0.4) is 0 Å². The summed E-state index contributed by atoms with van der Waals surface area (Å²) in [7, 11) is 1.56. The van der Waals surface area contributed by atoms with Crippen molar-refractivity contribution in [3.05, 3.63) is 22.2 Å². The van der Waals surface area contributed by atoms with Crippen LogP contribution in [0.5, 0.6) is 11.5 Å². The molecular weight excluding hydrogens is 360 g/mol. The predicted molar refractivity (Wildman–Crippen MR) is 96.3 cm³/mol. The number of nitrogens with two attached hydrogens (primary N) is 1. The highest BCUT2D eigenvalue weighted by molar-refractivity contribution is 9.10. The highest BCUT2D eigenvalue weighted by Gasteiger charge is 2.27. The molecule has 1 rings (SSSR count). The molecule has 0 radical (unpaired) electrons. The number of carbonyl (C=O) groups is 1. The maximum Gasteiger partial charge on any atom is 0.251 e. The second-order valence-electron chi connectivity index (χ2n) is 5.48. The van der Waals surface area contributed by atoms with E-state index in [9.17, 15) is 4.79 Å². The van der Waals surface area contributed by atoms with Crippen molar-refractivity contribution in [1.29, 1.82) is 0 Å². The Bertz CT molecular complexity index is 523. The number of amides is 1. The second-order valence-corrected chi connectivity index (χ2v) is 6.34. The molecule has 0 aromatic heterocycles. The first-order valence-corrected chi connectivity index (χ1v) is 8.79. The molecule has 0 heterocycles. The van der Waals surface area contributed by atoms with Crippen molar-refractivity contribution in [1.82, 2.24) is 5.32 Å². The molecule has 0 aliphatic rings. The zero-order valence-corrected chi connectivity index (χ0v) is 16.0. The molecule has 0 saturated carbocycles. The third-order valence-corrected chi connectivity index (χ3v) is 4.65. The first-order chi connectivity index (χ1) is 11.0. The van der Waals surface area contributed by atoms with Crippen molar-refractivity contribution in [2.45, 2.75) is 45.6 Å². The van der Waals surface area contributed by atoms with E-state index >= 15 is 0 Å². The Morgan fingerprint density at radius 2 is 1.96 bits per heavy atom. The Kier molecular flexibility index (Phi) is 7.85. The van der Waals surface area contributed by atoms with Gasteiger partial charge in [0.15, 0.2) is 11.5 Å². The molecule has 1 aromatic carbocycles. The van der Waals surface area contributed by atoms with E-state index in [1.54, 1.807) is 19.2 Å². The lowest BCUT2D eigenvalue weighted by Gasteiger charge is -2.31. The van der Waals surface area contributed by atoms with Crippen LogP contribution in [0.2, 0.25) is 0 Å². The molecule has 1 aromatic rings. The van der Waals surface area contributed by atoms with Gasteiger partial charge in [-0.3, -0.25) is 4.79 Å². The fourth-order valence-corrected chi connectivity index (χ4v) is 2.83. The number of nitrogens with one attached hydrogen (secondary N) is 1. The van der Waals surface area contributed by atoms with Crippen LogP contribution in [0.25, 0.3) is 0 Å². The molecule has 3 N–H and O–H groups in total. The summed E-state index contributed by atoms with van der Waals surface area (Å²) < 4.78 is 11.7. The van der Waals surface area contributed by atoms with E-state index in [2.05, 4.69) is 21.2 Å². The summed E-state index contributed by atoms with van der Waals surface area (Å²) in [6.45, 7) is 7.07. The summed E-state index contributed by atoms with van der Waals surface area (Å²) in [6.07, 6.45) is 2.45. The number of hydrogen-bond acceptors (Lipinski definition) is 4. The highest BCUT2D eigenvalue weighted by atomic mass is 79.9. The molecule has 23 heavy (non-hydrogen) atoms. The molecule has 0 aliphatic heterocycles. The number of carbonyl (C=O) groups excluding carboxylic acids is 1. The number of benzene rings is 1. The molecule has 0 fully saturated rings. The predicted octanol–water partition coefficient (Wildman–Crippen LogP) is 3.49. The van der Waals surface area contributed by atoms with Gasteiger partial charge in [-0.05, 0) is 47.3 Å². The van der Waals surface area contributed by atoms with Crippen molar-refractivity contribution in [3.63, 3.8) is 0 Å².